The Morgan fingerprint density at radius 1 is 1.78 bits per heavy atom. The highest BCUT2D eigenvalue weighted by Crippen LogP contribution is 2.21. The smallest absolute Gasteiger partial charge is 0.143 e. The molecule has 0 aromatic rings. The second kappa shape index (κ2) is 3.01. The standard InChI is InChI=1S/C6H8BrNO/c1-9-5-3-2-4-8-6(5)7/h4H,2-3H2,1H3. The average molecular weight is 190 g/mol. The monoisotopic (exact) mass is 189 g/mol. The van der Waals surface area contributed by atoms with E-state index in [9.17, 15) is 0 Å². The lowest BCUT2D eigenvalue weighted by Crippen LogP contribution is -1.94. The fourth-order valence-corrected chi connectivity index (χ4v) is 1.21. The minimum absolute atomic E-state index is 0.830. The molecule has 2 nitrogen and oxygen atoms in total. The number of allylic oxidation sites excluding steroid dienone is 1. The number of nitrogens with zero attached hydrogens (tertiary/aromatic N) is 1. The summed E-state index contributed by atoms with van der Waals surface area (Å²) < 4.78 is 5.85. The minimum atomic E-state index is 0.830. The van der Waals surface area contributed by atoms with E-state index < -0.39 is 0 Å². The van der Waals surface area contributed by atoms with Gasteiger partial charge in [0.15, 0.2) is 0 Å². The third kappa shape index (κ3) is 1.55. The lowest BCUT2D eigenvalue weighted by molar-refractivity contribution is 0.275. The molecular weight excluding hydrogens is 182 g/mol. The van der Waals surface area contributed by atoms with Crippen LogP contribution in [0.1, 0.15) is 12.8 Å². The summed E-state index contributed by atoms with van der Waals surface area (Å²) in [4.78, 5) is 4.03. The van der Waals surface area contributed by atoms with Crippen LogP contribution >= 0.6 is 15.9 Å². The Morgan fingerprint density at radius 2 is 2.56 bits per heavy atom. The van der Waals surface area contributed by atoms with Crippen molar-refractivity contribution in [2.24, 2.45) is 4.99 Å². The number of ether oxygens (including phenoxy) is 1. The van der Waals surface area contributed by atoms with Crippen LogP contribution in [0.4, 0.5) is 0 Å². The predicted octanol–water partition coefficient (Wildman–Crippen LogP) is 2.06. The van der Waals surface area contributed by atoms with Gasteiger partial charge in [0.1, 0.15) is 10.4 Å². The van der Waals surface area contributed by atoms with Crippen LogP contribution in [-0.4, -0.2) is 13.3 Å². The maximum absolute atomic E-state index is 5.02. The molecule has 9 heavy (non-hydrogen) atoms. The zero-order chi connectivity index (χ0) is 6.69. The van der Waals surface area contributed by atoms with E-state index in [1.807, 2.05) is 6.21 Å². The first-order valence-corrected chi connectivity index (χ1v) is 3.59. The van der Waals surface area contributed by atoms with Crippen LogP contribution in [0.5, 0.6) is 0 Å². The van der Waals surface area contributed by atoms with Gasteiger partial charge in [0.25, 0.3) is 0 Å². The van der Waals surface area contributed by atoms with Gasteiger partial charge >= 0.3 is 0 Å². The zero-order valence-corrected chi connectivity index (χ0v) is 6.81. The highest BCUT2D eigenvalue weighted by atomic mass is 79.9. The van der Waals surface area contributed by atoms with E-state index in [-0.39, 0.29) is 0 Å². The summed E-state index contributed by atoms with van der Waals surface area (Å²) in [5.41, 5.74) is 0. The third-order valence-corrected chi connectivity index (χ3v) is 1.83. The molecule has 0 aliphatic carbocycles. The van der Waals surface area contributed by atoms with Gasteiger partial charge < -0.3 is 4.74 Å². The number of hydrogen-bond acceptors (Lipinski definition) is 2. The maximum atomic E-state index is 5.02. The zero-order valence-electron chi connectivity index (χ0n) is 5.22. The number of hydrogen-bond donors (Lipinski definition) is 0. The van der Waals surface area contributed by atoms with Crippen LogP contribution in [0, 0.1) is 0 Å². The molecule has 1 aliphatic heterocycles. The molecule has 0 aromatic carbocycles. The van der Waals surface area contributed by atoms with Crippen molar-refractivity contribution >= 4 is 22.1 Å². The number of rotatable bonds is 1. The van der Waals surface area contributed by atoms with Crippen molar-refractivity contribution in [2.45, 2.75) is 12.8 Å². The Balaban J connectivity index is 2.72. The van der Waals surface area contributed by atoms with Crippen LogP contribution in [0.3, 0.4) is 0 Å². The van der Waals surface area contributed by atoms with Gasteiger partial charge in [0.2, 0.25) is 0 Å². The highest BCUT2D eigenvalue weighted by molar-refractivity contribution is 9.11. The van der Waals surface area contributed by atoms with E-state index in [0.29, 0.717) is 0 Å². The number of methoxy groups -OCH3 is 1. The molecule has 0 aromatic heterocycles. The largest absolute Gasteiger partial charge is 0.498 e. The van der Waals surface area contributed by atoms with E-state index in [0.717, 1.165) is 23.2 Å². The van der Waals surface area contributed by atoms with Gasteiger partial charge in [-0.1, -0.05) is 0 Å². The SMILES string of the molecule is COC1=C(Br)N=CCC1. The molecule has 50 valence electrons. The summed E-state index contributed by atoms with van der Waals surface area (Å²) in [5.74, 6) is 0.942. The van der Waals surface area contributed by atoms with Crippen molar-refractivity contribution in [3.63, 3.8) is 0 Å². The van der Waals surface area contributed by atoms with Gasteiger partial charge in [-0.3, -0.25) is 4.99 Å². The van der Waals surface area contributed by atoms with Crippen molar-refractivity contribution < 1.29 is 4.74 Å². The summed E-state index contributed by atoms with van der Waals surface area (Å²) in [5, 5.41) is 0. The van der Waals surface area contributed by atoms with E-state index in [4.69, 9.17) is 4.74 Å². The molecule has 0 amide bonds. The molecule has 0 N–H and O–H groups in total. The van der Waals surface area contributed by atoms with Crippen LogP contribution in [0.15, 0.2) is 15.4 Å². The van der Waals surface area contributed by atoms with E-state index in [2.05, 4.69) is 20.9 Å². The summed E-state index contributed by atoms with van der Waals surface area (Å²) >= 11 is 3.27. The quantitative estimate of drug-likeness (QED) is 0.580. The van der Waals surface area contributed by atoms with Gasteiger partial charge in [-0.25, -0.2) is 0 Å². The van der Waals surface area contributed by atoms with Crippen LogP contribution < -0.4 is 0 Å². The maximum Gasteiger partial charge on any atom is 0.143 e. The van der Waals surface area contributed by atoms with Crippen molar-refractivity contribution in [3.8, 4) is 0 Å². The molecule has 1 rings (SSSR count). The Morgan fingerprint density at radius 3 is 3.00 bits per heavy atom. The molecule has 0 saturated heterocycles. The average Bonchev–Trinajstić information content (AvgIpc) is 1.89. The molecule has 0 spiro atoms. The summed E-state index contributed by atoms with van der Waals surface area (Å²) in [6.45, 7) is 0. The van der Waals surface area contributed by atoms with Crippen molar-refractivity contribution in [2.75, 3.05) is 7.11 Å². The van der Waals surface area contributed by atoms with Gasteiger partial charge in [0.05, 0.1) is 7.11 Å². The van der Waals surface area contributed by atoms with E-state index in [1.165, 1.54) is 0 Å². The first-order chi connectivity index (χ1) is 4.34. The number of aliphatic imine (C=N–C) groups is 1. The molecular formula is C6H8BrNO. The Labute approximate surface area is 62.7 Å². The first kappa shape index (κ1) is 6.81. The Kier molecular flexibility index (Phi) is 2.28. The van der Waals surface area contributed by atoms with E-state index >= 15 is 0 Å². The number of halogens is 1. The lowest BCUT2D eigenvalue weighted by Gasteiger charge is -2.08. The van der Waals surface area contributed by atoms with Gasteiger partial charge in [-0.15, -0.1) is 0 Å². The molecule has 1 heterocycles. The fraction of sp³-hybridized carbons (Fsp3) is 0.500. The lowest BCUT2D eigenvalue weighted by atomic mass is 10.2. The second-order valence-electron chi connectivity index (χ2n) is 1.77. The Bertz CT molecular complexity index is 162. The van der Waals surface area contributed by atoms with Crippen LogP contribution in [0.2, 0.25) is 0 Å². The molecule has 3 heteroatoms. The second-order valence-corrected chi connectivity index (χ2v) is 2.52. The van der Waals surface area contributed by atoms with Gasteiger partial charge in [0, 0.05) is 12.6 Å². The fourth-order valence-electron chi connectivity index (χ4n) is 0.702. The topological polar surface area (TPSA) is 21.6 Å². The van der Waals surface area contributed by atoms with Gasteiger partial charge in [-0.2, -0.15) is 0 Å². The van der Waals surface area contributed by atoms with E-state index in [1.54, 1.807) is 7.11 Å². The highest BCUT2D eigenvalue weighted by Gasteiger charge is 2.05. The summed E-state index contributed by atoms with van der Waals surface area (Å²) in [6, 6.07) is 0. The van der Waals surface area contributed by atoms with Crippen LogP contribution in [0.25, 0.3) is 0 Å². The summed E-state index contributed by atoms with van der Waals surface area (Å²) in [6.07, 6.45) is 3.82. The molecule has 0 bridgehead atoms. The molecule has 0 saturated carbocycles. The van der Waals surface area contributed by atoms with Gasteiger partial charge in [-0.05, 0) is 22.4 Å². The minimum Gasteiger partial charge on any atom is -0.498 e. The third-order valence-electron chi connectivity index (χ3n) is 1.18. The van der Waals surface area contributed by atoms with Crippen LogP contribution in [-0.2, 0) is 4.74 Å². The summed E-state index contributed by atoms with van der Waals surface area (Å²) in [7, 11) is 1.66. The molecule has 0 fully saturated rings. The molecule has 0 unspecified atom stereocenters. The predicted molar refractivity (Wildman–Crippen MR) is 40.7 cm³/mol. The van der Waals surface area contributed by atoms with Crippen molar-refractivity contribution in [1.29, 1.82) is 0 Å². The molecule has 0 radical (unpaired) electrons. The van der Waals surface area contributed by atoms with Crippen molar-refractivity contribution in [3.05, 3.63) is 10.4 Å². The first-order valence-electron chi connectivity index (χ1n) is 2.79. The molecule has 0 atom stereocenters. The molecule has 1 aliphatic rings. The Hall–Kier alpha value is -0.310. The van der Waals surface area contributed by atoms with Crippen molar-refractivity contribution in [1.82, 2.24) is 0 Å². The normalized spacial score (nSPS) is 18.4.